The number of rotatable bonds is 4. The molecule has 1 N–H and O–H groups in total. The maximum absolute atomic E-state index is 12.1. The van der Waals surface area contributed by atoms with E-state index < -0.39 is 0 Å². The van der Waals surface area contributed by atoms with E-state index in [1.54, 1.807) is 13.0 Å². The van der Waals surface area contributed by atoms with Crippen LogP contribution in [0.25, 0.3) is 5.69 Å². The summed E-state index contributed by atoms with van der Waals surface area (Å²) in [6.45, 7) is 7.71. The summed E-state index contributed by atoms with van der Waals surface area (Å²) in [5, 5.41) is 11.1. The van der Waals surface area contributed by atoms with E-state index in [1.807, 2.05) is 55.8 Å². The minimum absolute atomic E-state index is 0.141. The molecular formula is C18H20N4O2. The van der Waals surface area contributed by atoms with Gasteiger partial charge in [-0.2, -0.15) is 5.10 Å². The first-order chi connectivity index (χ1) is 11.4. The number of carbonyl (C=O) groups excluding carboxylic acids is 1. The Morgan fingerprint density at radius 2 is 1.83 bits per heavy atom. The molecule has 1 aromatic carbocycles. The molecule has 3 rings (SSSR count). The van der Waals surface area contributed by atoms with E-state index in [4.69, 9.17) is 4.52 Å². The molecule has 0 aliphatic heterocycles. The fourth-order valence-electron chi connectivity index (χ4n) is 2.62. The zero-order valence-corrected chi connectivity index (χ0v) is 14.2. The van der Waals surface area contributed by atoms with Gasteiger partial charge in [0.25, 0.3) is 5.91 Å². The van der Waals surface area contributed by atoms with E-state index in [1.165, 1.54) is 0 Å². The average molecular weight is 324 g/mol. The van der Waals surface area contributed by atoms with Gasteiger partial charge in [-0.1, -0.05) is 17.3 Å². The fraction of sp³-hybridized carbons (Fsp3) is 0.278. The van der Waals surface area contributed by atoms with Crippen molar-refractivity contribution in [3.05, 3.63) is 64.8 Å². The van der Waals surface area contributed by atoms with Crippen LogP contribution in [0.3, 0.4) is 0 Å². The van der Waals surface area contributed by atoms with Gasteiger partial charge in [0.2, 0.25) is 5.76 Å². The Morgan fingerprint density at radius 3 is 2.38 bits per heavy atom. The van der Waals surface area contributed by atoms with Crippen molar-refractivity contribution in [3.63, 3.8) is 0 Å². The zero-order valence-electron chi connectivity index (χ0n) is 14.2. The third-order valence-corrected chi connectivity index (χ3v) is 3.85. The number of amides is 1. The van der Waals surface area contributed by atoms with E-state index in [0.717, 1.165) is 22.6 Å². The Bertz CT molecular complexity index is 862. The molecular weight excluding hydrogens is 304 g/mol. The van der Waals surface area contributed by atoms with Gasteiger partial charge in [0, 0.05) is 11.8 Å². The molecule has 6 heteroatoms. The second kappa shape index (κ2) is 6.31. The molecule has 2 aromatic heterocycles. The fourth-order valence-corrected chi connectivity index (χ4v) is 2.62. The topological polar surface area (TPSA) is 73.0 Å². The predicted octanol–water partition coefficient (Wildman–Crippen LogP) is 3.28. The Hall–Kier alpha value is -2.89. The summed E-state index contributed by atoms with van der Waals surface area (Å²) in [6, 6.07) is 11.5. The van der Waals surface area contributed by atoms with Crippen molar-refractivity contribution in [1.29, 1.82) is 0 Å². The summed E-state index contributed by atoms with van der Waals surface area (Å²) in [6.07, 6.45) is 0. The van der Waals surface area contributed by atoms with Crippen LogP contribution in [0.15, 0.2) is 40.9 Å². The lowest BCUT2D eigenvalue weighted by Gasteiger charge is -2.14. The van der Waals surface area contributed by atoms with Crippen molar-refractivity contribution in [2.45, 2.75) is 33.7 Å². The maximum Gasteiger partial charge on any atom is 0.290 e. The van der Waals surface area contributed by atoms with Gasteiger partial charge >= 0.3 is 0 Å². The highest BCUT2D eigenvalue weighted by Crippen LogP contribution is 2.18. The summed E-state index contributed by atoms with van der Waals surface area (Å²) >= 11 is 0. The normalized spacial score (nSPS) is 12.2. The molecule has 0 bridgehead atoms. The molecule has 0 spiro atoms. The summed E-state index contributed by atoms with van der Waals surface area (Å²) in [5.74, 6) is -0.0515. The van der Waals surface area contributed by atoms with Crippen LogP contribution in [0.5, 0.6) is 0 Å². The Morgan fingerprint density at radius 1 is 1.12 bits per heavy atom. The molecule has 1 amide bonds. The van der Waals surface area contributed by atoms with Crippen molar-refractivity contribution in [1.82, 2.24) is 20.3 Å². The van der Waals surface area contributed by atoms with Crippen molar-refractivity contribution >= 4 is 5.91 Å². The number of nitrogens with one attached hydrogen (secondary N) is 1. The Kier molecular flexibility index (Phi) is 4.20. The highest BCUT2D eigenvalue weighted by atomic mass is 16.5. The van der Waals surface area contributed by atoms with Crippen LogP contribution in [-0.2, 0) is 0 Å². The second-order valence-electron chi connectivity index (χ2n) is 5.96. The first kappa shape index (κ1) is 16.0. The van der Waals surface area contributed by atoms with Crippen LogP contribution < -0.4 is 5.32 Å². The molecule has 124 valence electrons. The highest BCUT2D eigenvalue weighted by molar-refractivity contribution is 5.91. The molecule has 0 aliphatic rings. The van der Waals surface area contributed by atoms with Gasteiger partial charge in [-0.25, -0.2) is 4.68 Å². The van der Waals surface area contributed by atoms with Gasteiger partial charge in [0.15, 0.2) is 0 Å². The predicted molar refractivity (Wildman–Crippen MR) is 90.2 cm³/mol. The standard InChI is InChI=1S/C18H20N4O2/c1-11-9-13(3)22(20-11)16-7-5-15(6-8-16)14(4)19-18(23)17-10-12(2)21-24-17/h5-10,14H,1-4H3,(H,19,23)/t14-/m1/s1. The van der Waals surface area contributed by atoms with E-state index >= 15 is 0 Å². The number of hydrogen-bond donors (Lipinski definition) is 1. The smallest absolute Gasteiger partial charge is 0.290 e. The minimum atomic E-state index is -0.272. The molecule has 6 nitrogen and oxygen atoms in total. The van der Waals surface area contributed by atoms with E-state index in [0.29, 0.717) is 5.69 Å². The number of nitrogens with zero attached hydrogens (tertiary/aromatic N) is 3. The largest absolute Gasteiger partial charge is 0.351 e. The first-order valence-electron chi connectivity index (χ1n) is 7.82. The first-order valence-corrected chi connectivity index (χ1v) is 7.82. The third-order valence-electron chi connectivity index (χ3n) is 3.85. The summed E-state index contributed by atoms with van der Waals surface area (Å²) < 4.78 is 6.88. The number of aryl methyl sites for hydroxylation is 3. The molecule has 3 aromatic rings. The molecule has 0 aliphatic carbocycles. The van der Waals surface area contributed by atoms with Crippen LogP contribution >= 0.6 is 0 Å². The van der Waals surface area contributed by atoms with Crippen LogP contribution in [0, 0.1) is 20.8 Å². The van der Waals surface area contributed by atoms with Gasteiger partial charge in [-0.3, -0.25) is 4.79 Å². The summed E-state index contributed by atoms with van der Waals surface area (Å²) in [5.41, 5.74) is 4.75. The molecule has 0 radical (unpaired) electrons. The monoisotopic (exact) mass is 324 g/mol. The molecule has 0 saturated heterocycles. The zero-order chi connectivity index (χ0) is 17.3. The van der Waals surface area contributed by atoms with Crippen molar-refractivity contribution in [3.8, 4) is 5.69 Å². The van der Waals surface area contributed by atoms with Gasteiger partial charge in [0.1, 0.15) is 0 Å². The van der Waals surface area contributed by atoms with Crippen LogP contribution in [0.4, 0.5) is 0 Å². The lowest BCUT2D eigenvalue weighted by molar-refractivity contribution is 0.0902. The average Bonchev–Trinajstić information content (AvgIpc) is 3.13. The SMILES string of the molecule is Cc1cc(C(=O)N[C@H](C)c2ccc(-n3nc(C)cc3C)cc2)on1. The van der Waals surface area contributed by atoms with Crippen molar-refractivity contribution < 1.29 is 9.32 Å². The maximum atomic E-state index is 12.1. The van der Waals surface area contributed by atoms with Gasteiger partial charge < -0.3 is 9.84 Å². The molecule has 2 heterocycles. The van der Waals surface area contributed by atoms with Crippen molar-refractivity contribution in [2.75, 3.05) is 0 Å². The summed E-state index contributed by atoms with van der Waals surface area (Å²) in [7, 11) is 0. The molecule has 0 saturated carbocycles. The number of aromatic nitrogens is 3. The van der Waals surface area contributed by atoms with E-state index in [2.05, 4.69) is 15.6 Å². The van der Waals surface area contributed by atoms with E-state index in [-0.39, 0.29) is 17.7 Å². The number of benzene rings is 1. The molecule has 0 unspecified atom stereocenters. The van der Waals surface area contributed by atoms with Crippen LogP contribution in [0.2, 0.25) is 0 Å². The van der Waals surface area contributed by atoms with Gasteiger partial charge in [-0.05, 0) is 51.5 Å². The summed E-state index contributed by atoms with van der Waals surface area (Å²) in [4.78, 5) is 12.1. The third kappa shape index (κ3) is 3.22. The Labute approximate surface area is 140 Å². The second-order valence-corrected chi connectivity index (χ2v) is 5.96. The number of hydrogen-bond acceptors (Lipinski definition) is 4. The Balaban J connectivity index is 1.73. The molecule has 1 atom stereocenters. The lowest BCUT2D eigenvalue weighted by atomic mass is 10.1. The van der Waals surface area contributed by atoms with E-state index in [9.17, 15) is 4.79 Å². The molecule has 24 heavy (non-hydrogen) atoms. The highest BCUT2D eigenvalue weighted by Gasteiger charge is 2.15. The quantitative estimate of drug-likeness (QED) is 0.799. The lowest BCUT2D eigenvalue weighted by Crippen LogP contribution is -2.26. The van der Waals surface area contributed by atoms with Crippen molar-refractivity contribution in [2.24, 2.45) is 0 Å². The number of carbonyl (C=O) groups is 1. The molecule has 0 fully saturated rings. The minimum Gasteiger partial charge on any atom is -0.351 e. The van der Waals surface area contributed by atoms with Gasteiger partial charge in [0.05, 0.1) is 23.1 Å². The van der Waals surface area contributed by atoms with Crippen LogP contribution in [0.1, 0.15) is 46.2 Å². The van der Waals surface area contributed by atoms with Gasteiger partial charge in [-0.15, -0.1) is 0 Å². The van der Waals surface area contributed by atoms with Crippen LogP contribution in [-0.4, -0.2) is 20.8 Å².